The number of alkyl halides is 29. The van der Waals surface area contributed by atoms with Crippen molar-refractivity contribution >= 4 is 16.0 Å². The first-order chi connectivity index (χ1) is 20.5. The van der Waals surface area contributed by atoms with Crippen molar-refractivity contribution < 1.29 is 150 Å². The van der Waals surface area contributed by atoms with Crippen LogP contribution in [-0.4, -0.2) is 101 Å². The highest BCUT2D eigenvalue weighted by atomic mass is 32.2. The van der Waals surface area contributed by atoms with Gasteiger partial charge in [0, 0.05) is 0 Å². The summed E-state index contributed by atoms with van der Waals surface area (Å²) in [5, 5.41) is 0. The largest absolute Gasteiger partial charge is 0.741 e. The van der Waals surface area contributed by atoms with E-state index in [1.54, 1.807) is 4.74 Å². The summed E-state index contributed by atoms with van der Waals surface area (Å²) in [7, 11) is -6.09. The molecule has 0 radical (unpaired) electrons. The third-order valence-corrected chi connectivity index (χ3v) is 5.52. The second-order valence-electron chi connectivity index (χ2n) is 8.26. The Morgan fingerprint density at radius 3 is 1.00 bits per heavy atom. The van der Waals surface area contributed by atoms with Gasteiger partial charge in [0.15, 0.2) is 10.1 Å². The molecule has 0 saturated heterocycles. The molecule has 0 amide bonds. The Hall–Kier alpha value is -2.65. The molecule has 1 rings (SSSR count). The summed E-state index contributed by atoms with van der Waals surface area (Å²) in [6.07, 6.45) is -23.3. The Kier molecular flexibility index (Phi) is 10.8. The Balaban J connectivity index is 0.00000254. The van der Waals surface area contributed by atoms with Crippen molar-refractivity contribution in [2.45, 2.75) is 77.5 Å². The minimum atomic E-state index is -9.51. The van der Waals surface area contributed by atoms with Crippen LogP contribution in [0.1, 0.15) is 0 Å². The molecule has 0 saturated carbocycles. The molecule has 0 aromatic carbocycles. The van der Waals surface area contributed by atoms with E-state index < -0.39 is 98.1 Å². The van der Waals surface area contributed by atoms with Crippen LogP contribution in [0, 0.1) is 0 Å². The van der Waals surface area contributed by atoms with Crippen LogP contribution in [0.5, 0.6) is 0 Å². The van der Waals surface area contributed by atoms with E-state index in [0.29, 0.717) is 0 Å². The van der Waals surface area contributed by atoms with Crippen LogP contribution < -0.4 is 0 Å². The molecule has 35 heteroatoms. The van der Waals surface area contributed by atoms with Gasteiger partial charge in [-0.05, 0) is 4.58 Å². The van der Waals surface area contributed by atoms with Crippen LogP contribution in [0.4, 0.5) is 127 Å². The molecule has 1 heterocycles. The third kappa shape index (κ3) is 6.52. The van der Waals surface area contributed by atoms with Gasteiger partial charge in [-0.25, -0.2) is 8.42 Å². The van der Waals surface area contributed by atoms with Crippen LogP contribution in [0.2, 0.25) is 0 Å². The van der Waals surface area contributed by atoms with Crippen LogP contribution >= 0.6 is 0 Å². The molecule has 0 unspecified atom stereocenters. The molecule has 0 aromatic rings. The molecule has 5 nitrogen and oxygen atoms in total. The first kappa shape index (κ1) is 46.4. The van der Waals surface area contributed by atoms with Crippen molar-refractivity contribution in [2.75, 3.05) is 0 Å². The smallest absolute Gasteiger partial charge is 0.573 e. The number of ether oxygens (including phenoxy) is 1. The number of hydrogen-bond acceptors (Lipinski definition) is 4. The molecule has 294 valence electrons. The van der Waals surface area contributed by atoms with Crippen molar-refractivity contribution in [3.8, 4) is 0 Å². The van der Waals surface area contributed by atoms with Gasteiger partial charge in [0.2, 0.25) is 0 Å². The predicted molar refractivity (Wildman–Crippen MR) is 83.7 cm³/mol. The van der Waals surface area contributed by atoms with E-state index in [1.807, 2.05) is 0 Å². The summed E-state index contributed by atoms with van der Waals surface area (Å²) in [5.41, 5.74) is -5.65. The third-order valence-electron chi connectivity index (χ3n) is 4.95. The van der Waals surface area contributed by atoms with E-state index in [4.69, 9.17) is 13.0 Å². The van der Waals surface area contributed by atoms with Crippen LogP contribution in [-0.2, 0) is 14.9 Å². The normalized spacial score (nSPS) is 19.4. The maximum atomic E-state index is 14.0. The molecule has 1 aliphatic heterocycles. The van der Waals surface area contributed by atoms with E-state index in [1.165, 1.54) is 0 Å². The molecule has 0 aromatic heterocycles. The number of hydrogen-bond donors (Lipinski definition) is 0. The van der Waals surface area contributed by atoms with E-state index in [9.17, 15) is 127 Å². The zero-order chi connectivity index (χ0) is 40.9. The summed E-state index contributed by atoms with van der Waals surface area (Å²) >= 11 is 0. The monoisotopic (exact) mass is 829 g/mol. The molecular weight excluding hydrogens is 829 g/mol. The topological polar surface area (TPSA) is 69.4 Å². The Labute approximate surface area is 244 Å². The number of nitrogens with zero attached hydrogens (tertiary/aromatic N) is 1. The molecule has 0 bridgehead atoms. The maximum absolute atomic E-state index is 14.0. The molecule has 0 atom stereocenters. The van der Waals surface area contributed by atoms with Gasteiger partial charge in [-0.3, -0.25) is 0 Å². The average Bonchev–Trinajstić information content (AvgIpc) is 3.00. The van der Waals surface area contributed by atoms with Crippen molar-refractivity contribution in [2.24, 2.45) is 0 Å². The van der Waals surface area contributed by atoms with Gasteiger partial charge in [0.25, 0.3) is 0 Å². The van der Waals surface area contributed by atoms with Crippen molar-refractivity contribution in [3.63, 3.8) is 0 Å². The van der Waals surface area contributed by atoms with Crippen molar-refractivity contribution in [3.05, 3.63) is 0 Å². The summed E-state index contributed by atoms with van der Waals surface area (Å²) in [6.45, 7) is 0. The van der Waals surface area contributed by atoms with Gasteiger partial charge in [-0.2, -0.15) is 110 Å². The molecule has 0 spiro atoms. The molecule has 1 aliphatic rings. The molecule has 0 fully saturated rings. The average molecular weight is 829 g/mol. The SMILES string of the molecule is FC(F)(F)C(F)(F)C1=[N+](C(F)(F)C(F)(F)C(F)(F)C(F)(F)C(F)(F)C(F)(F)C(F)(F)C(F)(F)F)C(F)(F)C(F)(F)O1.O=S(=O)([O-])C(F)(F)F. The molecule has 49 heavy (non-hydrogen) atoms. The fraction of sp³-hybridized carbons (Fsp3) is 0.929. The van der Waals surface area contributed by atoms with Crippen LogP contribution in [0.25, 0.3) is 0 Å². The van der Waals surface area contributed by atoms with Crippen molar-refractivity contribution in [1.29, 1.82) is 0 Å². The zero-order valence-corrected chi connectivity index (χ0v) is 21.3. The standard InChI is InChI=1S/C13F26NO.CHF3O3S/c14-2(15,9(28,29)30)1-40(12(36,37)13(38,39)41-1)11(34,35)8(26,27)6(22,23)4(18,19)3(16,17)5(20,21)7(24,25)10(31,32)33;2-1(3,4)8(5,6)7/h;(H,5,6,7)/q+1;/p-1. The maximum Gasteiger partial charge on any atom is 0.573 e. The summed E-state index contributed by atoms with van der Waals surface area (Å²) in [5.74, 6) is -68.5. The summed E-state index contributed by atoms with van der Waals surface area (Å²) in [4.78, 5) is 0. The highest BCUT2D eigenvalue weighted by Gasteiger charge is 3.00. The predicted octanol–water partition coefficient (Wildman–Crippen LogP) is 7.83. The number of rotatable bonds is 8. The lowest BCUT2D eigenvalue weighted by atomic mass is 9.90. The van der Waals surface area contributed by atoms with E-state index in [-0.39, 0.29) is 0 Å². The van der Waals surface area contributed by atoms with Crippen LogP contribution in [0.3, 0.4) is 0 Å². The van der Waals surface area contributed by atoms with Gasteiger partial charge < -0.3 is 9.29 Å². The van der Waals surface area contributed by atoms with Gasteiger partial charge in [0.1, 0.15) is 0 Å². The van der Waals surface area contributed by atoms with E-state index in [0.717, 1.165) is 0 Å². The first-order valence-corrected chi connectivity index (χ1v) is 11.2. The van der Waals surface area contributed by atoms with E-state index in [2.05, 4.69) is 0 Å². The van der Waals surface area contributed by atoms with Crippen LogP contribution in [0.15, 0.2) is 0 Å². The molecule has 0 aliphatic carbocycles. The quantitative estimate of drug-likeness (QED) is 0.0823. The van der Waals surface area contributed by atoms with Gasteiger partial charge in [0.05, 0.1) is 0 Å². The second kappa shape index (κ2) is 11.4. The Morgan fingerprint density at radius 2 is 0.755 bits per heavy atom. The minimum absolute atomic E-state index is 1.80. The molecule has 0 N–H and O–H groups in total. The van der Waals surface area contributed by atoms with Crippen molar-refractivity contribution in [1.82, 2.24) is 0 Å². The lowest BCUT2D eigenvalue weighted by Crippen LogP contribution is -2.76. The van der Waals surface area contributed by atoms with E-state index >= 15 is 0 Å². The van der Waals surface area contributed by atoms with Gasteiger partial charge >= 0.3 is 83.4 Å². The number of halogens is 29. The van der Waals surface area contributed by atoms with Gasteiger partial charge in [-0.15, -0.1) is 17.6 Å². The first-order valence-electron chi connectivity index (χ1n) is 9.76. The second-order valence-corrected chi connectivity index (χ2v) is 9.63. The lowest BCUT2D eigenvalue weighted by Gasteiger charge is -2.41. The Morgan fingerprint density at radius 1 is 0.490 bits per heavy atom. The fourth-order valence-corrected chi connectivity index (χ4v) is 2.41. The highest BCUT2D eigenvalue weighted by Crippen LogP contribution is 2.65. The summed E-state index contributed by atoms with van der Waals surface area (Å²) < 4.78 is 398. The molecular formula is C14F29NO4S. The zero-order valence-electron chi connectivity index (χ0n) is 20.4. The minimum Gasteiger partial charge on any atom is -0.741 e. The lowest BCUT2D eigenvalue weighted by molar-refractivity contribution is -0.810. The Bertz CT molecular complexity index is 1380. The highest BCUT2D eigenvalue weighted by molar-refractivity contribution is 7.86. The fourth-order valence-electron chi connectivity index (χ4n) is 2.41. The van der Waals surface area contributed by atoms with Gasteiger partial charge in [-0.1, -0.05) is 0 Å². The summed E-state index contributed by atoms with van der Waals surface area (Å²) in [6, 6.07) is -16.9.